The van der Waals surface area contributed by atoms with E-state index in [0.29, 0.717) is 34.5 Å². The Kier molecular flexibility index (Phi) is 6.62. The van der Waals surface area contributed by atoms with Crippen LogP contribution in [0, 0.1) is 0 Å². The molecule has 0 radical (unpaired) electrons. The summed E-state index contributed by atoms with van der Waals surface area (Å²) >= 11 is 11.9. The first-order valence-electron chi connectivity index (χ1n) is 7.38. The molecule has 0 bridgehead atoms. The van der Waals surface area contributed by atoms with E-state index in [1.807, 2.05) is 6.07 Å². The van der Waals surface area contributed by atoms with E-state index in [4.69, 9.17) is 23.2 Å². The van der Waals surface area contributed by atoms with E-state index in [0.717, 1.165) is 18.5 Å². The number of nitrogens with zero attached hydrogens (tertiary/aromatic N) is 2. The van der Waals surface area contributed by atoms with E-state index in [9.17, 15) is 4.79 Å². The van der Waals surface area contributed by atoms with Crippen molar-refractivity contribution in [3.63, 3.8) is 0 Å². The molecular weight excluding hydrogens is 335 g/mol. The summed E-state index contributed by atoms with van der Waals surface area (Å²) in [6, 6.07) is 5.32. The van der Waals surface area contributed by atoms with Crippen LogP contribution in [0.1, 0.15) is 29.3 Å². The van der Waals surface area contributed by atoms with Gasteiger partial charge in [0.1, 0.15) is 0 Å². The van der Waals surface area contributed by atoms with Gasteiger partial charge >= 0.3 is 0 Å². The lowest BCUT2D eigenvalue weighted by Crippen LogP contribution is -2.26. The van der Waals surface area contributed by atoms with Crippen LogP contribution in [-0.4, -0.2) is 29.0 Å². The minimum absolute atomic E-state index is 0.211. The third-order valence-electron chi connectivity index (χ3n) is 3.14. The second-order valence-electron chi connectivity index (χ2n) is 4.96. The molecule has 7 heteroatoms. The fraction of sp³-hybridized carbons (Fsp3) is 0.312. The summed E-state index contributed by atoms with van der Waals surface area (Å²) < 4.78 is 0. The van der Waals surface area contributed by atoms with Crippen molar-refractivity contribution >= 4 is 35.1 Å². The Hall–Kier alpha value is -1.85. The van der Waals surface area contributed by atoms with Crippen LogP contribution >= 0.6 is 23.2 Å². The Labute approximate surface area is 145 Å². The average Bonchev–Trinajstić information content (AvgIpc) is 2.55. The SMILES string of the molecule is CCCNc1ncc(C(=O)NCCc2ccc(Cl)cc2Cl)cn1. The Balaban J connectivity index is 1.84. The van der Waals surface area contributed by atoms with Crippen LogP contribution < -0.4 is 10.6 Å². The summed E-state index contributed by atoms with van der Waals surface area (Å²) in [6.07, 6.45) is 4.63. The smallest absolute Gasteiger partial charge is 0.254 e. The highest BCUT2D eigenvalue weighted by Gasteiger charge is 2.07. The van der Waals surface area contributed by atoms with E-state index < -0.39 is 0 Å². The predicted octanol–water partition coefficient (Wildman–Crippen LogP) is 3.58. The topological polar surface area (TPSA) is 66.9 Å². The highest BCUT2D eigenvalue weighted by molar-refractivity contribution is 6.35. The standard InChI is InChI=1S/C16H18Cl2N4O/c1-2-6-20-16-21-9-12(10-22-16)15(23)19-7-5-11-3-4-13(17)8-14(11)18/h3-4,8-10H,2,5-7H2,1H3,(H,19,23)(H,20,21,22). The predicted molar refractivity (Wildman–Crippen MR) is 93.3 cm³/mol. The summed E-state index contributed by atoms with van der Waals surface area (Å²) in [7, 11) is 0. The lowest BCUT2D eigenvalue weighted by atomic mass is 10.1. The second kappa shape index (κ2) is 8.70. The second-order valence-corrected chi connectivity index (χ2v) is 5.81. The van der Waals surface area contributed by atoms with Gasteiger partial charge in [-0.3, -0.25) is 4.79 Å². The molecule has 122 valence electrons. The Morgan fingerprint density at radius 2 is 1.91 bits per heavy atom. The van der Waals surface area contributed by atoms with Gasteiger partial charge in [0.25, 0.3) is 5.91 Å². The number of rotatable bonds is 7. The van der Waals surface area contributed by atoms with Crippen molar-refractivity contribution in [3.05, 3.63) is 51.8 Å². The van der Waals surface area contributed by atoms with Crippen molar-refractivity contribution < 1.29 is 4.79 Å². The van der Waals surface area contributed by atoms with Crippen molar-refractivity contribution in [3.8, 4) is 0 Å². The molecule has 1 heterocycles. The van der Waals surface area contributed by atoms with Gasteiger partial charge in [-0.25, -0.2) is 9.97 Å². The zero-order valence-electron chi connectivity index (χ0n) is 12.8. The first-order valence-corrected chi connectivity index (χ1v) is 8.13. The number of carbonyl (C=O) groups is 1. The van der Waals surface area contributed by atoms with Gasteiger partial charge in [-0.15, -0.1) is 0 Å². The molecule has 2 aromatic rings. The number of hydrogen-bond acceptors (Lipinski definition) is 4. The van der Waals surface area contributed by atoms with E-state index in [1.54, 1.807) is 12.1 Å². The number of halogens is 2. The van der Waals surface area contributed by atoms with E-state index >= 15 is 0 Å². The van der Waals surface area contributed by atoms with E-state index in [-0.39, 0.29) is 5.91 Å². The van der Waals surface area contributed by atoms with Crippen molar-refractivity contribution in [2.75, 3.05) is 18.4 Å². The molecule has 0 aliphatic heterocycles. The Bertz CT molecular complexity index is 662. The summed E-state index contributed by atoms with van der Waals surface area (Å²) in [5.41, 5.74) is 1.36. The number of benzene rings is 1. The molecule has 5 nitrogen and oxygen atoms in total. The molecule has 0 aliphatic rings. The van der Waals surface area contributed by atoms with Gasteiger partial charge in [-0.2, -0.15) is 0 Å². The molecule has 0 saturated carbocycles. The zero-order valence-corrected chi connectivity index (χ0v) is 14.3. The average molecular weight is 353 g/mol. The lowest BCUT2D eigenvalue weighted by Gasteiger charge is -2.07. The molecule has 0 unspecified atom stereocenters. The number of aromatic nitrogens is 2. The van der Waals surface area contributed by atoms with Crippen LogP contribution in [0.4, 0.5) is 5.95 Å². The molecule has 2 rings (SSSR count). The molecule has 0 spiro atoms. The number of nitrogens with one attached hydrogen (secondary N) is 2. The molecule has 1 amide bonds. The van der Waals surface area contributed by atoms with Gasteiger partial charge in [-0.05, 0) is 30.5 Å². The highest BCUT2D eigenvalue weighted by Crippen LogP contribution is 2.21. The molecule has 2 N–H and O–H groups in total. The third kappa shape index (κ3) is 5.37. The number of hydrogen-bond donors (Lipinski definition) is 2. The van der Waals surface area contributed by atoms with Gasteiger partial charge in [0, 0.05) is 35.5 Å². The maximum atomic E-state index is 12.0. The summed E-state index contributed by atoms with van der Waals surface area (Å²) in [4.78, 5) is 20.3. The minimum atomic E-state index is -0.211. The fourth-order valence-electron chi connectivity index (χ4n) is 1.91. The monoisotopic (exact) mass is 352 g/mol. The first-order chi connectivity index (χ1) is 11.1. The fourth-order valence-corrected chi connectivity index (χ4v) is 2.41. The molecule has 23 heavy (non-hydrogen) atoms. The Morgan fingerprint density at radius 3 is 2.57 bits per heavy atom. The summed E-state index contributed by atoms with van der Waals surface area (Å²) in [5, 5.41) is 7.07. The van der Waals surface area contributed by atoms with Crippen LogP contribution in [0.25, 0.3) is 0 Å². The normalized spacial score (nSPS) is 10.4. The largest absolute Gasteiger partial charge is 0.354 e. The summed E-state index contributed by atoms with van der Waals surface area (Å²) in [5.74, 6) is 0.313. The number of amides is 1. The third-order valence-corrected chi connectivity index (χ3v) is 3.73. The Morgan fingerprint density at radius 1 is 1.17 bits per heavy atom. The first kappa shape index (κ1) is 17.5. The number of carbonyl (C=O) groups excluding carboxylic acids is 1. The van der Waals surface area contributed by atoms with Gasteiger partial charge in [-0.1, -0.05) is 36.2 Å². The maximum absolute atomic E-state index is 12.0. The van der Waals surface area contributed by atoms with Gasteiger partial charge in [0.2, 0.25) is 5.95 Å². The molecule has 0 atom stereocenters. The van der Waals surface area contributed by atoms with Crippen molar-refractivity contribution in [2.24, 2.45) is 0 Å². The molecular formula is C16H18Cl2N4O. The highest BCUT2D eigenvalue weighted by atomic mass is 35.5. The van der Waals surface area contributed by atoms with Gasteiger partial charge in [0.15, 0.2) is 0 Å². The lowest BCUT2D eigenvalue weighted by molar-refractivity contribution is 0.0953. The molecule has 1 aromatic heterocycles. The van der Waals surface area contributed by atoms with Crippen LogP contribution in [-0.2, 0) is 6.42 Å². The van der Waals surface area contributed by atoms with Gasteiger partial charge < -0.3 is 10.6 Å². The number of anilines is 1. The molecule has 1 aromatic carbocycles. The summed E-state index contributed by atoms with van der Waals surface area (Å²) in [6.45, 7) is 3.32. The minimum Gasteiger partial charge on any atom is -0.354 e. The quantitative estimate of drug-likeness (QED) is 0.799. The maximum Gasteiger partial charge on any atom is 0.254 e. The van der Waals surface area contributed by atoms with E-state index in [2.05, 4.69) is 27.5 Å². The van der Waals surface area contributed by atoms with E-state index in [1.165, 1.54) is 12.4 Å². The van der Waals surface area contributed by atoms with Crippen LogP contribution in [0.15, 0.2) is 30.6 Å². The van der Waals surface area contributed by atoms with Crippen LogP contribution in [0.5, 0.6) is 0 Å². The van der Waals surface area contributed by atoms with Crippen molar-refractivity contribution in [2.45, 2.75) is 19.8 Å². The van der Waals surface area contributed by atoms with Crippen molar-refractivity contribution in [1.29, 1.82) is 0 Å². The zero-order chi connectivity index (χ0) is 16.7. The van der Waals surface area contributed by atoms with Crippen molar-refractivity contribution in [1.82, 2.24) is 15.3 Å². The molecule has 0 saturated heterocycles. The van der Waals surface area contributed by atoms with Crippen LogP contribution in [0.3, 0.4) is 0 Å². The van der Waals surface area contributed by atoms with Crippen LogP contribution in [0.2, 0.25) is 10.0 Å². The molecule has 0 fully saturated rings. The van der Waals surface area contributed by atoms with Gasteiger partial charge in [0.05, 0.1) is 5.56 Å². The molecule has 0 aliphatic carbocycles.